The molecule has 0 radical (unpaired) electrons. The fraction of sp³-hybridized carbons (Fsp3) is 0.222. The Balaban J connectivity index is 2.08. The van der Waals surface area contributed by atoms with Crippen LogP contribution in [0.25, 0.3) is 0 Å². The zero-order valence-corrected chi connectivity index (χ0v) is 15.7. The quantitative estimate of drug-likeness (QED) is 0.730. The molecular weight excluding hydrogens is 393 g/mol. The number of aryl methyl sites for hydroxylation is 1. The van der Waals surface area contributed by atoms with Crippen LogP contribution >= 0.6 is 11.8 Å². The van der Waals surface area contributed by atoms with Crippen molar-refractivity contribution in [3.8, 4) is 6.07 Å². The number of carbonyl (C=O) groups is 2. The van der Waals surface area contributed by atoms with Crippen LogP contribution in [0.15, 0.2) is 35.4 Å². The minimum atomic E-state index is -4.69. The van der Waals surface area contributed by atoms with E-state index in [0.717, 1.165) is 17.8 Å². The van der Waals surface area contributed by atoms with E-state index in [1.807, 2.05) is 0 Å². The number of hydrogen-bond donors (Lipinski definition) is 2. The molecule has 2 rings (SSSR count). The lowest BCUT2D eigenvalue weighted by molar-refractivity contribution is -0.138. The van der Waals surface area contributed by atoms with Gasteiger partial charge in [0.15, 0.2) is 0 Å². The summed E-state index contributed by atoms with van der Waals surface area (Å²) in [7, 11) is 0. The summed E-state index contributed by atoms with van der Waals surface area (Å²) in [6.07, 6.45) is -4.69. The topological polar surface area (TPSA) is 94.9 Å². The van der Waals surface area contributed by atoms with Crippen LogP contribution in [0.5, 0.6) is 0 Å². The first-order valence-electron chi connectivity index (χ1n) is 7.89. The van der Waals surface area contributed by atoms with Crippen LogP contribution in [0.3, 0.4) is 0 Å². The van der Waals surface area contributed by atoms with Crippen molar-refractivity contribution in [3.05, 3.63) is 47.2 Å². The van der Waals surface area contributed by atoms with Gasteiger partial charge in [0.25, 0.3) is 0 Å². The van der Waals surface area contributed by atoms with E-state index in [1.54, 1.807) is 24.3 Å². The number of thioether (sulfide) groups is 1. The predicted molar refractivity (Wildman–Crippen MR) is 98.8 cm³/mol. The van der Waals surface area contributed by atoms with Crippen molar-refractivity contribution < 1.29 is 22.8 Å². The van der Waals surface area contributed by atoms with Crippen LogP contribution in [0, 0.1) is 18.3 Å². The van der Waals surface area contributed by atoms with E-state index < -0.39 is 23.2 Å². The average molecular weight is 408 g/mol. The van der Waals surface area contributed by atoms with E-state index in [1.165, 1.54) is 19.9 Å². The second kappa shape index (κ2) is 8.75. The monoisotopic (exact) mass is 408 g/mol. The summed E-state index contributed by atoms with van der Waals surface area (Å²) >= 11 is 0.752. The molecule has 6 nitrogen and oxygen atoms in total. The predicted octanol–water partition coefficient (Wildman–Crippen LogP) is 3.97. The highest BCUT2D eigenvalue weighted by atomic mass is 32.2. The molecule has 0 aliphatic rings. The molecule has 0 fully saturated rings. The van der Waals surface area contributed by atoms with Gasteiger partial charge in [0.1, 0.15) is 11.1 Å². The zero-order chi connectivity index (χ0) is 20.9. The molecule has 1 aromatic carbocycles. The number of nitriles is 1. The summed E-state index contributed by atoms with van der Waals surface area (Å²) in [6, 6.07) is 8.66. The van der Waals surface area contributed by atoms with Crippen molar-refractivity contribution in [2.45, 2.75) is 25.0 Å². The van der Waals surface area contributed by atoms with Crippen LogP contribution in [0.4, 0.5) is 24.5 Å². The number of anilines is 2. The lowest BCUT2D eigenvalue weighted by Gasteiger charge is -2.12. The van der Waals surface area contributed by atoms with Gasteiger partial charge in [-0.3, -0.25) is 9.59 Å². The Bertz CT molecular complexity index is 938. The van der Waals surface area contributed by atoms with Gasteiger partial charge >= 0.3 is 6.18 Å². The Morgan fingerprint density at radius 1 is 1.18 bits per heavy atom. The van der Waals surface area contributed by atoms with Crippen molar-refractivity contribution in [1.29, 1.82) is 5.26 Å². The van der Waals surface area contributed by atoms with Crippen molar-refractivity contribution >= 4 is 35.0 Å². The molecule has 0 aliphatic carbocycles. The summed E-state index contributed by atoms with van der Waals surface area (Å²) in [4.78, 5) is 27.0. The van der Waals surface area contributed by atoms with Crippen LogP contribution in [0.2, 0.25) is 0 Å². The summed E-state index contributed by atoms with van der Waals surface area (Å²) in [5, 5.41) is 14.1. The van der Waals surface area contributed by atoms with E-state index in [9.17, 15) is 22.8 Å². The third-order valence-corrected chi connectivity index (χ3v) is 4.34. The lowest BCUT2D eigenvalue weighted by atomic mass is 10.1. The van der Waals surface area contributed by atoms with E-state index in [2.05, 4.69) is 15.6 Å². The number of aromatic nitrogens is 1. The molecule has 0 saturated heterocycles. The Labute approximate surface area is 163 Å². The highest BCUT2D eigenvalue weighted by molar-refractivity contribution is 8.00. The summed E-state index contributed by atoms with van der Waals surface area (Å²) in [5.41, 5.74) is -0.562. The number of pyridine rings is 1. The number of carbonyl (C=O) groups excluding carboxylic acids is 2. The first-order chi connectivity index (χ1) is 13.1. The van der Waals surface area contributed by atoms with Gasteiger partial charge < -0.3 is 10.6 Å². The minimum Gasteiger partial charge on any atom is -0.326 e. The second-order valence-electron chi connectivity index (χ2n) is 5.70. The third-order valence-electron chi connectivity index (χ3n) is 3.36. The summed E-state index contributed by atoms with van der Waals surface area (Å²) < 4.78 is 39.3. The average Bonchev–Trinajstić information content (AvgIpc) is 2.60. The van der Waals surface area contributed by atoms with Crippen molar-refractivity contribution in [2.75, 3.05) is 16.4 Å². The number of halogens is 3. The highest BCUT2D eigenvalue weighted by Gasteiger charge is 2.35. The number of alkyl halides is 3. The third kappa shape index (κ3) is 5.72. The van der Waals surface area contributed by atoms with Gasteiger partial charge in [-0.2, -0.15) is 18.4 Å². The molecular formula is C18H15F3N4O2S. The first kappa shape index (κ1) is 21.2. The molecule has 146 valence electrons. The maximum Gasteiger partial charge on any atom is 0.417 e. The molecule has 2 aromatic rings. The Morgan fingerprint density at radius 3 is 2.25 bits per heavy atom. The molecule has 0 atom stereocenters. The second-order valence-corrected chi connectivity index (χ2v) is 6.66. The van der Waals surface area contributed by atoms with Crippen LogP contribution in [0.1, 0.15) is 23.7 Å². The summed E-state index contributed by atoms with van der Waals surface area (Å²) in [5.74, 6) is -0.932. The fourth-order valence-electron chi connectivity index (χ4n) is 2.25. The normalized spacial score (nSPS) is 10.9. The van der Waals surface area contributed by atoms with Gasteiger partial charge in [0.2, 0.25) is 11.8 Å². The number of benzene rings is 1. The lowest BCUT2D eigenvalue weighted by Crippen LogP contribution is -2.15. The number of rotatable bonds is 5. The van der Waals surface area contributed by atoms with Gasteiger partial charge in [0, 0.05) is 24.0 Å². The van der Waals surface area contributed by atoms with E-state index in [0.29, 0.717) is 11.4 Å². The van der Waals surface area contributed by atoms with Crippen LogP contribution in [-0.2, 0) is 15.8 Å². The maximum absolute atomic E-state index is 13.1. The molecule has 0 bridgehead atoms. The summed E-state index contributed by atoms with van der Waals surface area (Å²) in [6.45, 7) is 2.75. The molecule has 1 aromatic heterocycles. The number of nitrogens with zero attached hydrogens (tertiary/aromatic N) is 2. The fourth-order valence-corrected chi connectivity index (χ4v) is 3.10. The van der Waals surface area contributed by atoms with Gasteiger partial charge in [-0.25, -0.2) is 4.98 Å². The minimum absolute atomic E-state index is 0.0998. The molecule has 2 N–H and O–H groups in total. The molecule has 0 aliphatic heterocycles. The molecule has 0 saturated carbocycles. The Hall–Kier alpha value is -3.06. The van der Waals surface area contributed by atoms with E-state index >= 15 is 0 Å². The molecule has 10 heteroatoms. The molecule has 0 spiro atoms. The standard InChI is InChI=1S/C18H15F3N4O2S/c1-10-7-15(18(19,20)21)14(8-22)17(23-10)28-9-16(27)25-13-5-3-12(4-6-13)24-11(2)26/h3-7H,9H2,1-2H3,(H,24,26)(H,25,27). The van der Waals surface area contributed by atoms with Gasteiger partial charge in [-0.15, -0.1) is 0 Å². The van der Waals surface area contributed by atoms with Gasteiger partial charge in [0.05, 0.1) is 16.9 Å². The molecule has 1 heterocycles. The largest absolute Gasteiger partial charge is 0.417 e. The first-order valence-corrected chi connectivity index (χ1v) is 8.88. The number of hydrogen-bond acceptors (Lipinski definition) is 5. The maximum atomic E-state index is 13.1. The Kier molecular flexibility index (Phi) is 6.64. The van der Waals surface area contributed by atoms with Crippen LogP contribution < -0.4 is 10.6 Å². The van der Waals surface area contributed by atoms with E-state index in [-0.39, 0.29) is 22.4 Å². The van der Waals surface area contributed by atoms with Gasteiger partial charge in [-0.05, 0) is 37.3 Å². The molecule has 2 amide bonds. The molecule has 0 unspecified atom stereocenters. The van der Waals surface area contributed by atoms with Crippen molar-refractivity contribution in [1.82, 2.24) is 4.98 Å². The highest BCUT2D eigenvalue weighted by Crippen LogP contribution is 2.35. The zero-order valence-electron chi connectivity index (χ0n) is 14.8. The Morgan fingerprint density at radius 2 is 1.75 bits per heavy atom. The van der Waals surface area contributed by atoms with Crippen molar-refractivity contribution in [3.63, 3.8) is 0 Å². The van der Waals surface area contributed by atoms with Crippen molar-refractivity contribution in [2.24, 2.45) is 0 Å². The van der Waals surface area contributed by atoms with Crippen LogP contribution in [-0.4, -0.2) is 22.6 Å². The number of amides is 2. The van der Waals surface area contributed by atoms with Gasteiger partial charge in [-0.1, -0.05) is 11.8 Å². The number of nitrogens with one attached hydrogen (secondary N) is 2. The van der Waals surface area contributed by atoms with E-state index in [4.69, 9.17) is 5.26 Å². The molecule has 28 heavy (non-hydrogen) atoms. The smallest absolute Gasteiger partial charge is 0.326 e. The SMILES string of the molecule is CC(=O)Nc1ccc(NC(=O)CSc2nc(C)cc(C(F)(F)F)c2C#N)cc1.